The molecule has 2 aromatic heterocycles. The smallest absolute Gasteiger partial charge is 0.290 e. The maximum absolute atomic E-state index is 8.36. The van der Waals surface area contributed by atoms with Crippen LogP contribution in [0.2, 0.25) is 0 Å². The summed E-state index contributed by atoms with van der Waals surface area (Å²) >= 11 is 1.79. The van der Waals surface area contributed by atoms with Crippen LogP contribution < -0.4 is 9.47 Å². The molecule has 0 fully saturated rings. The average molecular weight is 338 g/mol. The minimum Gasteiger partial charge on any atom is -0.493 e. The minimum absolute atomic E-state index is 0.250. The van der Waals surface area contributed by atoms with Crippen molar-refractivity contribution in [3.05, 3.63) is 39.8 Å². The number of carboxylic acid groups (broad SMARTS) is 1. The summed E-state index contributed by atoms with van der Waals surface area (Å²) in [5.74, 6) is 1.43. The molecule has 1 N–H and O–H groups in total. The highest BCUT2D eigenvalue weighted by Gasteiger charge is 2.13. The second-order valence-corrected chi connectivity index (χ2v) is 5.80. The van der Waals surface area contributed by atoms with Gasteiger partial charge in [-0.15, -0.1) is 11.3 Å². The van der Waals surface area contributed by atoms with E-state index in [-0.39, 0.29) is 6.47 Å². The largest absolute Gasteiger partial charge is 0.493 e. The second-order valence-electron chi connectivity index (χ2n) is 4.80. The molecule has 0 spiro atoms. The van der Waals surface area contributed by atoms with E-state index in [0.717, 1.165) is 24.5 Å². The molecule has 0 saturated carbocycles. The molecule has 6 nitrogen and oxygen atoms in total. The van der Waals surface area contributed by atoms with E-state index in [4.69, 9.17) is 19.4 Å². The van der Waals surface area contributed by atoms with Gasteiger partial charge in [-0.1, -0.05) is 0 Å². The first-order valence-corrected chi connectivity index (χ1v) is 7.80. The van der Waals surface area contributed by atoms with Gasteiger partial charge in [0, 0.05) is 30.2 Å². The van der Waals surface area contributed by atoms with Crippen molar-refractivity contribution in [3.8, 4) is 11.5 Å². The van der Waals surface area contributed by atoms with Crippen LogP contribution in [0, 0.1) is 6.92 Å². The van der Waals surface area contributed by atoms with Crippen molar-refractivity contribution in [2.24, 2.45) is 0 Å². The number of hydrogen-bond acceptors (Lipinski definition) is 6. The molecule has 0 aliphatic carbocycles. The van der Waals surface area contributed by atoms with Gasteiger partial charge in [-0.25, -0.2) is 0 Å². The van der Waals surface area contributed by atoms with Crippen molar-refractivity contribution in [3.63, 3.8) is 0 Å². The molecule has 0 amide bonds. The number of rotatable bonds is 6. The van der Waals surface area contributed by atoms with E-state index < -0.39 is 0 Å². The lowest BCUT2D eigenvalue weighted by molar-refractivity contribution is -0.122. The monoisotopic (exact) mass is 338 g/mol. The number of thiophene rings is 1. The zero-order valence-electron chi connectivity index (χ0n) is 13.8. The van der Waals surface area contributed by atoms with Crippen molar-refractivity contribution in [2.45, 2.75) is 20.0 Å². The third kappa shape index (κ3) is 5.54. The van der Waals surface area contributed by atoms with Gasteiger partial charge in [-0.2, -0.15) is 0 Å². The van der Waals surface area contributed by atoms with E-state index in [0.29, 0.717) is 5.75 Å². The van der Waals surface area contributed by atoms with Crippen LogP contribution in [0.15, 0.2) is 23.7 Å². The number of aryl methyl sites for hydroxylation is 1. The Hall–Kier alpha value is -2.12. The van der Waals surface area contributed by atoms with Crippen LogP contribution in [-0.4, -0.2) is 42.7 Å². The number of hydrogen-bond donors (Lipinski definition) is 1. The summed E-state index contributed by atoms with van der Waals surface area (Å²) in [4.78, 5) is 16.4. The van der Waals surface area contributed by atoms with E-state index >= 15 is 0 Å². The Morgan fingerprint density at radius 3 is 2.52 bits per heavy atom. The van der Waals surface area contributed by atoms with Crippen LogP contribution >= 0.6 is 11.3 Å². The van der Waals surface area contributed by atoms with Gasteiger partial charge in [0.15, 0.2) is 11.5 Å². The lowest BCUT2D eigenvalue weighted by Crippen LogP contribution is -2.18. The maximum Gasteiger partial charge on any atom is 0.290 e. The van der Waals surface area contributed by atoms with E-state index in [1.165, 1.54) is 10.4 Å². The minimum atomic E-state index is -0.250. The Balaban J connectivity index is 0.000000816. The SMILES string of the molecule is COc1ccnc(CN(C)Cc2sccc2C)c1OC.O=CO. The maximum atomic E-state index is 8.36. The Kier molecular flexibility index (Phi) is 8.07. The lowest BCUT2D eigenvalue weighted by Gasteiger charge is -2.18. The number of carbonyl (C=O) groups is 1. The molecule has 0 bridgehead atoms. The first-order valence-electron chi connectivity index (χ1n) is 6.92. The highest BCUT2D eigenvalue weighted by atomic mass is 32.1. The Labute approximate surface area is 140 Å². The molecule has 23 heavy (non-hydrogen) atoms. The topological polar surface area (TPSA) is 71.9 Å². The summed E-state index contributed by atoms with van der Waals surface area (Å²) in [5, 5.41) is 9.02. The van der Waals surface area contributed by atoms with Crippen LogP contribution in [0.1, 0.15) is 16.1 Å². The Bertz CT molecular complexity index is 616. The molecule has 0 aliphatic rings. The molecule has 7 heteroatoms. The van der Waals surface area contributed by atoms with Gasteiger partial charge in [0.1, 0.15) is 5.69 Å². The molecular formula is C16H22N2O4S. The summed E-state index contributed by atoms with van der Waals surface area (Å²) in [5.41, 5.74) is 2.23. The Morgan fingerprint density at radius 1 is 1.30 bits per heavy atom. The van der Waals surface area contributed by atoms with E-state index in [2.05, 4.69) is 35.3 Å². The average Bonchev–Trinajstić information content (AvgIpc) is 2.92. The van der Waals surface area contributed by atoms with E-state index in [1.54, 1.807) is 31.8 Å². The number of ether oxygens (including phenoxy) is 2. The van der Waals surface area contributed by atoms with Gasteiger partial charge in [-0.05, 0) is 31.0 Å². The van der Waals surface area contributed by atoms with Gasteiger partial charge >= 0.3 is 0 Å². The predicted octanol–water partition coefficient (Wildman–Crippen LogP) is 2.80. The normalized spacial score (nSPS) is 9.96. The number of methoxy groups -OCH3 is 2. The first kappa shape index (κ1) is 18.9. The molecule has 0 atom stereocenters. The van der Waals surface area contributed by atoms with Crippen LogP contribution in [0.5, 0.6) is 11.5 Å². The van der Waals surface area contributed by atoms with Gasteiger partial charge < -0.3 is 14.6 Å². The third-order valence-corrected chi connectivity index (χ3v) is 4.18. The van der Waals surface area contributed by atoms with Gasteiger partial charge in [-0.3, -0.25) is 14.7 Å². The highest BCUT2D eigenvalue weighted by molar-refractivity contribution is 7.10. The van der Waals surface area contributed by atoms with Gasteiger partial charge in [0.25, 0.3) is 6.47 Å². The lowest BCUT2D eigenvalue weighted by atomic mass is 10.2. The summed E-state index contributed by atoms with van der Waals surface area (Å²) in [7, 11) is 5.37. The van der Waals surface area contributed by atoms with Crippen LogP contribution in [-0.2, 0) is 17.9 Å². The molecule has 2 rings (SSSR count). The van der Waals surface area contributed by atoms with Gasteiger partial charge in [0.2, 0.25) is 0 Å². The molecule has 2 heterocycles. The highest BCUT2D eigenvalue weighted by Crippen LogP contribution is 2.30. The quantitative estimate of drug-likeness (QED) is 0.817. The number of aromatic nitrogens is 1. The van der Waals surface area contributed by atoms with E-state index in [1.807, 2.05) is 6.07 Å². The summed E-state index contributed by atoms with van der Waals surface area (Å²) in [6.07, 6.45) is 1.75. The zero-order chi connectivity index (χ0) is 17.2. The standard InChI is InChI=1S/C15H20N2O2S.CH2O2/c1-11-6-8-20-14(11)10-17(2)9-12-15(19-4)13(18-3)5-7-16-12;2-1-3/h5-8H,9-10H2,1-4H3;1H,(H,2,3). The van der Waals surface area contributed by atoms with E-state index in [9.17, 15) is 0 Å². The fourth-order valence-corrected chi connectivity index (χ4v) is 3.07. The fraction of sp³-hybridized carbons (Fsp3) is 0.375. The summed E-state index contributed by atoms with van der Waals surface area (Å²) in [6, 6.07) is 3.96. The van der Waals surface area contributed by atoms with Crippen LogP contribution in [0.4, 0.5) is 0 Å². The molecule has 126 valence electrons. The van der Waals surface area contributed by atoms with Crippen molar-refractivity contribution in [1.82, 2.24) is 9.88 Å². The fourth-order valence-electron chi connectivity index (χ4n) is 2.09. The summed E-state index contributed by atoms with van der Waals surface area (Å²) in [6.45, 7) is 3.52. The summed E-state index contributed by atoms with van der Waals surface area (Å²) < 4.78 is 10.7. The number of pyridine rings is 1. The molecule has 0 radical (unpaired) electrons. The Morgan fingerprint density at radius 2 is 2.00 bits per heavy atom. The molecule has 0 unspecified atom stereocenters. The molecule has 0 saturated heterocycles. The van der Waals surface area contributed by atoms with Crippen molar-refractivity contribution in [2.75, 3.05) is 21.3 Å². The molecular weight excluding hydrogens is 316 g/mol. The molecule has 2 aromatic rings. The predicted molar refractivity (Wildman–Crippen MR) is 90.3 cm³/mol. The van der Waals surface area contributed by atoms with Crippen molar-refractivity contribution >= 4 is 17.8 Å². The molecule has 0 aliphatic heterocycles. The molecule has 0 aromatic carbocycles. The number of nitrogens with zero attached hydrogens (tertiary/aromatic N) is 2. The van der Waals surface area contributed by atoms with Crippen LogP contribution in [0.25, 0.3) is 0 Å². The van der Waals surface area contributed by atoms with Gasteiger partial charge in [0.05, 0.1) is 14.2 Å². The van der Waals surface area contributed by atoms with Crippen molar-refractivity contribution < 1.29 is 19.4 Å². The first-order chi connectivity index (χ1) is 11.1. The zero-order valence-corrected chi connectivity index (χ0v) is 14.6. The van der Waals surface area contributed by atoms with Crippen molar-refractivity contribution in [1.29, 1.82) is 0 Å². The second kappa shape index (κ2) is 9.81. The third-order valence-electron chi connectivity index (χ3n) is 3.17. The van der Waals surface area contributed by atoms with Crippen LogP contribution in [0.3, 0.4) is 0 Å².